The van der Waals surface area contributed by atoms with Crippen LogP contribution in [0.3, 0.4) is 0 Å². The van der Waals surface area contributed by atoms with E-state index >= 15 is 0 Å². The number of quaternary nitrogens is 1. The van der Waals surface area contributed by atoms with E-state index in [0.717, 1.165) is 11.0 Å². The summed E-state index contributed by atoms with van der Waals surface area (Å²) in [7, 11) is 4.63. The van der Waals surface area contributed by atoms with E-state index in [9.17, 15) is 0 Å². The van der Waals surface area contributed by atoms with Crippen LogP contribution in [-0.4, -0.2) is 25.1 Å². The van der Waals surface area contributed by atoms with Crippen LogP contribution in [0.1, 0.15) is 115 Å². The molecule has 0 atom stereocenters. The fourth-order valence-electron chi connectivity index (χ4n) is 4.30. The molecule has 0 aliphatic rings. The molecule has 0 N–H and O–H groups in total. The van der Waals surface area contributed by atoms with Crippen molar-refractivity contribution in [1.29, 1.82) is 0 Å². The van der Waals surface area contributed by atoms with Gasteiger partial charge in [0.25, 0.3) is 0 Å². The van der Waals surface area contributed by atoms with Gasteiger partial charge in [-0.05, 0) is 25.0 Å². The minimum absolute atomic E-state index is 0.642. The van der Waals surface area contributed by atoms with Gasteiger partial charge in [-0.25, -0.2) is 0 Å². The fraction of sp³-hybridized carbons (Fsp3) is 0.778. The molecule has 0 heterocycles. The monoisotopic (exact) mass is 456 g/mol. The molecular weight excluding hydrogens is 409 g/mol. The molecule has 174 valence electrons. The third-order valence-corrected chi connectivity index (χ3v) is 6.95. The molecular formula is C27H48Cl2N+. The molecule has 0 aliphatic heterocycles. The Labute approximate surface area is 198 Å². The van der Waals surface area contributed by atoms with Gasteiger partial charge in [0.2, 0.25) is 0 Å². The van der Waals surface area contributed by atoms with E-state index in [1.165, 1.54) is 115 Å². The van der Waals surface area contributed by atoms with Gasteiger partial charge in [0.05, 0.1) is 30.7 Å². The highest BCUT2D eigenvalue weighted by molar-refractivity contribution is 6.42. The van der Waals surface area contributed by atoms with Crippen molar-refractivity contribution in [2.24, 2.45) is 0 Å². The number of nitrogens with zero attached hydrogens (tertiary/aromatic N) is 1. The van der Waals surface area contributed by atoms with Crippen LogP contribution < -0.4 is 0 Å². The van der Waals surface area contributed by atoms with E-state index in [1.54, 1.807) is 0 Å². The summed E-state index contributed by atoms with van der Waals surface area (Å²) in [5.41, 5.74) is 1.27. The molecule has 3 heteroatoms. The zero-order valence-corrected chi connectivity index (χ0v) is 21.7. The molecule has 0 saturated carbocycles. The minimum atomic E-state index is 0.642. The Morgan fingerprint density at radius 2 is 1.03 bits per heavy atom. The van der Waals surface area contributed by atoms with Crippen molar-refractivity contribution in [2.75, 3.05) is 20.6 Å². The molecule has 0 spiro atoms. The SMILES string of the molecule is CCCCCCCCCCCCCCCCCC[N+](C)(C)Cc1ccc(Cl)c(Cl)c1. The minimum Gasteiger partial charge on any atom is -0.325 e. The predicted octanol–water partition coefficient (Wildman–Crippen LogP) is 9.83. The smallest absolute Gasteiger partial charge is 0.104 e. The number of benzene rings is 1. The third-order valence-electron chi connectivity index (χ3n) is 6.21. The molecule has 1 rings (SSSR count). The lowest BCUT2D eigenvalue weighted by Gasteiger charge is -2.30. The maximum Gasteiger partial charge on any atom is 0.104 e. The van der Waals surface area contributed by atoms with E-state index in [1.807, 2.05) is 12.1 Å². The average Bonchev–Trinajstić information content (AvgIpc) is 2.70. The molecule has 0 radical (unpaired) electrons. The summed E-state index contributed by atoms with van der Waals surface area (Å²) in [6.45, 7) is 4.52. The molecule has 0 amide bonds. The highest BCUT2D eigenvalue weighted by atomic mass is 35.5. The number of hydrogen-bond acceptors (Lipinski definition) is 0. The summed E-state index contributed by atoms with van der Waals surface area (Å²) in [6, 6.07) is 6.02. The van der Waals surface area contributed by atoms with Gasteiger partial charge in [-0.2, -0.15) is 0 Å². The number of hydrogen-bond donors (Lipinski definition) is 0. The van der Waals surface area contributed by atoms with E-state index in [-0.39, 0.29) is 0 Å². The zero-order valence-electron chi connectivity index (χ0n) is 20.2. The molecule has 1 nitrogen and oxygen atoms in total. The van der Waals surface area contributed by atoms with E-state index in [2.05, 4.69) is 27.1 Å². The Bertz CT molecular complexity index is 542. The van der Waals surface area contributed by atoms with Gasteiger partial charge < -0.3 is 4.48 Å². The van der Waals surface area contributed by atoms with E-state index in [0.29, 0.717) is 10.0 Å². The Morgan fingerprint density at radius 1 is 0.600 bits per heavy atom. The van der Waals surface area contributed by atoms with Crippen LogP contribution in [0.15, 0.2) is 18.2 Å². The largest absolute Gasteiger partial charge is 0.325 e. The van der Waals surface area contributed by atoms with Crippen LogP contribution in [0.25, 0.3) is 0 Å². The van der Waals surface area contributed by atoms with Crippen molar-refractivity contribution >= 4 is 23.2 Å². The highest BCUT2D eigenvalue weighted by Crippen LogP contribution is 2.24. The van der Waals surface area contributed by atoms with Crippen LogP contribution in [0.4, 0.5) is 0 Å². The van der Waals surface area contributed by atoms with Crippen molar-refractivity contribution in [3.8, 4) is 0 Å². The Hall–Kier alpha value is -0.240. The number of rotatable bonds is 19. The summed E-state index contributed by atoms with van der Waals surface area (Å²) in [5, 5.41) is 1.31. The lowest BCUT2D eigenvalue weighted by Crippen LogP contribution is -2.39. The number of unbranched alkanes of at least 4 members (excludes halogenated alkanes) is 15. The van der Waals surface area contributed by atoms with Crippen molar-refractivity contribution in [1.82, 2.24) is 0 Å². The van der Waals surface area contributed by atoms with Gasteiger partial charge in [0.1, 0.15) is 6.54 Å². The number of halogens is 2. The van der Waals surface area contributed by atoms with Crippen LogP contribution in [-0.2, 0) is 6.54 Å². The topological polar surface area (TPSA) is 0 Å². The lowest BCUT2D eigenvalue weighted by molar-refractivity contribution is -0.903. The molecule has 30 heavy (non-hydrogen) atoms. The summed E-state index contributed by atoms with van der Waals surface area (Å²) >= 11 is 12.2. The first-order valence-electron chi connectivity index (χ1n) is 12.7. The lowest BCUT2D eigenvalue weighted by atomic mass is 10.0. The summed E-state index contributed by atoms with van der Waals surface area (Å²) in [5.74, 6) is 0. The van der Waals surface area contributed by atoms with Crippen LogP contribution in [0, 0.1) is 0 Å². The van der Waals surface area contributed by atoms with Gasteiger partial charge in [-0.15, -0.1) is 0 Å². The van der Waals surface area contributed by atoms with Crippen LogP contribution in [0.2, 0.25) is 10.0 Å². The molecule has 0 aromatic heterocycles. The maximum absolute atomic E-state index is 6.15. The molecule has 1 aromatic carbocycles. The second-order valence-corrected chi connectivity index (χ2v) is 10.7. The van der Waals surface area contributed by atoms with Crippen molar-refractivity contribution < 1.29 is 4.48 Å². The average molecular weight is 458 g/mol. The van der Waals surface area contributed by atoms with Crippen LogP contribution in [0.5, 0.6) is 0 Å². The molecule has 1 aromatic rings. The first kappa shape index (κ1) is 27.8. The Balaban J connectivity index is 1.91. The molecule has 0 fully saturated rings. The molecule has 0 bridgehead atoms. The third kappa shape index (κ3) is 14.7. The standard InChI is InChI=1S/C27H48Cl2N/c1-4-5-6-7-8-9-10-11-12-13-14-15-16-17-18-19-22-30(2,3)24-25-20-21-26(28)27(29)23-25/h20-21,23H,4-19,22,24H2,1-3H3/q+1. The Kier molecular flexibility index (Phi) is 16.1. The summed E-state index contributed by atoms with van der Waals surface area (Å²) in [6.07, 6.45) is 22.8. The summed E-state index contributed by atoms with van der Waals surface area (Å²) < 4.78 is 1.01. The van der Waals surface area contributed by atoms with Crippen LogP contribution >= 0.6 is 23.2 Å². The second kappa shape index (κ2) is 17.3. The first-order chi connectivity index (χ1) is 14.4. The van der Waals surface area contributed by atoms with E-state index < -0.39 is 0 Å². The quantitative estimate of drug-likeness (QED) is 0.143. The summed E-state index contributed by atoms with van der Waals surface area (Å²) in [4.78, 5) is 0. The van der Waals surface area contributed by atoms with Crippen molar-refractivity contribution in [3.63, 3.8) is 0 Å². The van der Waals surface area contributed by atoms with Gasteiger partial charge in [-0.3, -0.25) is 0 Å². The second-order valence-electron chi connectivity index (χ2n) is 9.87. The molecule has 0 saturated heterocycles. The molecule has 0 aliphatic carbocycles. The van der Waals surface area contributed by atoms with Gasteiger partial charge >= 0.3 is 0 Å². The highest BCUT2D eigenvalue weighted by Gasteiger charge is 2.16. The predicted molar refractivity (Wildman–Crippen MR) is 137 cm³/mol. The van der Waals surface area contributed by atoms with Crippen molar-refractivity contribution in [3.05, 3.63) is 33.8 Å². The van der Waals surface area contributed by atoms with E-state index in [4.69, 9.17) is 23.2 Å². The normalized spacial score (nSPS) is 11.9. The van der Waals surface area contributed by atoms with Gasteiger partial charge in [-0.1, -0.05) is 126 Å². The van der Waals surface area contributed by atoms with Crippen molar-refractivity contribution in [2.45, 2.75) is 116 Å². The van der Waals surface area contributed by atoms with Gasteiger partial charge in [0.15, 0.2) is 0 Å². The maximum atomic E-state index is 6.15. The zero-order chi connectivity index (χ0) is 22.1. The molecule has 0 unspecified atom stereocenters. The van der Waals surface area contributed by atoms with Gasteiger partial charge in [0, 0.05) is 5.56 Å². The first-order valence-corrected chi connectivity index (χ1v) is 13.5. The fourth-order valence-corrected chi connectivity index (χ4v) is 4.62. The Morgan fingerprint density at radius 3 is 1.47 bits per heavy atom.